The Balaban J connectivity index is 1.15. The maximum absolute atomic E-state index is 12.9. The van der Waals surface area contributed by atoms with Gasteiger partial charge in [0.1, 0.15) is 6.61 Å². The van der Waals surface area contributed by atoms with Crippen LogP contribution >= 0.6 is 0 Å². The third-order valence-electron chi connectivity index (χ3n) is 7.90. The first-order valence-electron chi connectivity index (χ1n) is 12.6. The van der Waals surface area contributed by atoms with Crippen LogP contribution in [0.25, 0.3) is 11.1 Å². The molecule has 0 heterocycles. The average molecular weight is 477 g/mol. The zero-order chi connectivity index (χ0) is 24.4. The number of alkyl carbamates (subject to hydrolysis) is 1. The van der Waals surface area contributed by atoms with Crippen LogP contribution in [-0.4, -0.2) is 41.3 Å². The van der Waals surface area contributed by atoms with Gasteiger partial charge in [-0.1, -0.05) is 55.0 Å². The molecule has 7 heteroatoms. The number of amides is 2. The van der Waals surface area contributed by atoms with E-state index in [-0.39, 0.29) is 36.8 Å². The third-order valence-corrected chi connectivity index (χ3v) is 7.90. The molecule has 3 aliphatic carbocycles. The van der Waals surface area contributed by atoms with E-state index in [2.05, 4.69) is 34.9 Å². The average Bonchev–Trinajstić information content (AvgIpc) is 3.15. The fourth-order valence-electron chi connectivity index (χ4n) is 5.97. The number of hydrogen-bond donors (Lipinski definition) is 3. The molecular weight excluding hydrogens is 444 g/mol. The van der Waals surface area contributed by atoms with Crippen LogP contribution in [0.4, 0.5) is 4.79 Å². The van der Waals surface area contributed by atoms with Crippen LogP contribution in [-0.2, 0) is 14.3 Å². The molecule has 0 bridgehead atoms. The Hall–Kier alpha value is -3.35. The van der Waals surface area contributed by atoms with Gasteiger partial charge in [-0.25, -0.2) is 4.79 Å². The molecule has 0 saturated heterocycles. The van der Waals surface area contributed by atoms with Gasteiger partial charge in [-0.2, -0.15) is 0 Å². The van der Waals surface area contributed by atoms with Crippen molar-refractivity contribution in [3.8, 4) is 11.1 Å². The van der Waals surface area contributed by atoms with Gasteiger partial charge in [0.2, 0.25) is 5.91 Å². The number of nitrogens with one attached hydrogen (secondary N) is 2. The van der Waals surface area contributed by atoms with Crippen molar-refractivity contribution in [2.45, 2.75) is 68.9 Å². The Kier molecular flexibility index (Phi) is 6.50. The molecule has 2 fully saturated rings. The summed E-state index contributed by atoms with van der Waals surface area (Å²) in [4.78, 5) is 36.8. The lowest BCUT2D eigenvalue weighted by Crippen LogP contribution is -2.56. The maximum Gasteiger partial charge on any atom is 0.407 e. The van der Waals surface area contributed by atoms with Gasteiger partial charge in [-0.15, -0.1) is 0 Å². The quantitative estimate of drug-likeness (QED) is 0.542. The Morgan fingerprint density at radius 1 is 0.943 bits per heavy atom. The summed E-state index contributed by atoms with van der Waals surface area (Å²) in [5.74, 6) is -1.20. The summed E-state index contributed by atoms with van der Waals surface area (Å²) < 4.78 is 5.67. The number of rotatable bonds is 7. The molecule has 35 heavy (non-hydrogen) atoms. The molecule has 2 aromatic carbocycles. The number of benzene rings is 2. The van der Waals surface area contributed by atoms with E-state index in [1.807, 2.05) is 24.3 Å². The first-order valence-corrected chi connectivity index (χ1v) is 12.6. The van der Waals surface area contributed by atoms with Crippen molar-refractivity contribution < 1.29 is 24.2 Å². The van der Waals surface area contributed by atoms with Crippen molar-refractivity contribution in [1.82, 2.24) is 10.6 Å². The number of carbonyl (C=O) groups is 3. The summed E-state index contributed by atoms with van der Waals surface area (Å²) in [5.41, 5.74) is 4.11. The molecule has 2 atom stereocenters. The largest absolute Gasteiger partial charge is 0.481 e. The summed E-state index contributed by atoms with van der Waals surface area (Å²) in [5, 5.41) is 15.2. The van der Waals surface area contributed by atoms with E-state index in [1.165, 1.54) is 22.3 Å². The molecule has 2 aromatic rings. The number of aliphatic carboxylic acids is 1. The van der Waals surface area contributed by atoms with E-state index in [0.29, 0.717) is 19.3 Å². The van der Waals surface area contributed by atoms with E-state index in [0.717, 1.165) is 25.7 Å². The fraction of sp³-hybridized carbons (Fsp3) is 0.464. The third kappa shape index (κ3) is 4.90. The highest BCUT2D eigenvalue weighted by Crippen LogP contribution is 2.44. The lowest BCUT2D eigenvalue weighted by atomic mass is 9.73. The van der Waals surface area contributed by atoms with Crippen LogP contribution in [0, 0.1) is 5.92 Å². The maximum atomic E-state index is 12.9. The topological polar surface area (TPSA) is 105 Å². The molecular formula is C28H32N2O5. The van der Waals surface area contributed by atoms with Gasteiger partial charge in [0.05, 0.1) is 12.0 Å². The normalized spacial score (nSPS) is 22.3. The predicted octanol–water partition coefficient (Wildman–Crippen LogP) is 4.60. The van der Waals surface area contributed by atoms with Crippen molar-refractivity contribution in [2.75, 3.05) is 6.61 Å². The second-order valence-electron chi connectivity index (χ2n) is 10.2. The van der Waals surface area contributed by atoms with E-state index in [4.69, 9.17) is 4.74 Å². The van der Waals surface area contributed by atoms with Gasteiger partial charge in [-0.3, -0.25) is 9.59 Å². The van der Waals surface area contributed by atoms with Crippen molar-refractivity contribution in [1.29, 1.82) is 0 Å². The molecule has 184 valence electrons. The van der Waals surface area contributed by atoms with Crippen molar-refractivity contribution >= 4 is 18.0 Å². The summed E-state index contributed by atoms with van der Waals surface area (Å²) >= 11 is 0. The lowest BCUT2D eigenvalue weighted by Gasteiger charge is -2.43. The van der Waals surface area contributed by atoms with Crippen LogP contribution in [0.2, 0.25) is 0 Å². The minimum absolute atomic E-state index is 0.00549. The standard InChI is InChI=1S/C28H32N2O5/c31-25(32)16-28(13-6-14-28)30-26(33)18-7-5-8-19(15-18)29-27(34)35-17-24-22-11-3-1-9-20(22)21-10-2-4-12-23(21)24/h1-4,9-12,18-19,24H,5-8,13-17H2,(H,29,34)(H,30,33)(H,31,32). The smallest absolute Gasteiger partial charge is 0.407 e. The van der Waals surface area contributed by atoms with Crippen molar-refractivity contribution in [2.24, 2.45) is 5.92 Å². The molecule has 3 aliphatic rings. The molecule has 2 unspecified atom stereocenters. The molecule has 2 amide bonds. The Morgan fingerprint density at radius 2 is 1.60 bits per heavy atom. The SMILES string of the molecule is O=C(O)CC1(NC(=O)C2CCCC(NC(=O)OCC3c4ccccc4-c4ccccc43)C2)CCC1. The van der Waals surface area contributed by atoms with E-state index in [1.54, 1.807) is 0 Å². The molecule has 0 spiro atoms. The number of carbonyl (C=O) groups excluding carboxylic acids is 2. The summed E-state index contributed by atoms with van der Waals surface area (Å²) in [7, 11) is 0. The molecule has 7 nitrogen and oxygen atoms in total. The molecule has 2 saturated carbocycles. The van der Waals surface area contributed by atoms with Crippen molar-refractivity contribution in [3.05, 3.63) is 59.7 Å². The minimum Gasteiger partial charge on any atom is -0.481 e. The van der Waals surface area contributed by atoms with Gasteiger partial charge >= 0.3 is 12.1 Å². The number of hydrogen-bond acceptors (Lipinski definition) is 4. The van der Waals surface area contributed by atoms with Crippen LogP contribution in [0.1, 0.15) is 68.4 Å². The van der Waals surface area contributed by atoms with Crippen LogP contribution in [0.5, 0.6) is 0 Å². The molecule has 0 radical (unpaired) electrons. The van der Waals surface area contributed by atoms with Gasteiger partial charge in [0, 0.05) is 17.9 Å². The lowest BCUT2D eigenvalue weighted by molar-refractivity contribution is -0.141. The molecule has 5 rings (SSSR count). The van der Waals surface area contributed by atoms with Crippen LogP contribution in [0.15, 0.2) is 48.5 Å². The van der Waals surface area contributed by atoms with Gasteiger partial charge in [0.15, 0.2) is 0 Å². The first-order chi connectivity index (χ1) is 16.9. The highest BCUT2D eigenvalue weighted by Gasteiger charge is 2.42. The zero-order valence-corrected chi connectivity index (χ0v) is 19.8. The monoisotopic (exact) mass is 476 g/mol. The van der Waals surface area contributed by atoms with E-state index < -0.39 is 17.6 Å². The predicted molar refractivity (Wildman–Crippen MR) is 131 cm³/mol. The van der Waals surface area contributed by atoms with E-state index in [9.17, 15) is 19.5 Å². The Morgan fingerprint density at radius 3 is 2.20 bits per heavy atom. The molecule has 3 N–H and O–H groups in total. The number of carboxylic acids is 1. The van der Waals surface area contributed by atoms with Gasteiger partial charge < -0.3 is 20.5 Å². The number of ether oxygens (including phenoxy) is 1. The number of fused-ring (bicyclic) bond motifs is 3. The van der Waals surface area contributed by atoms with Gasteiger partial charge in [-0.05, 0) is 60.8 Å². The van der Waals surface area contributed by atoms with Crippen LogP contribution < -0.4 is 10.6 Å². The van der Waals surface area contributed by atoms with E-state index >= 15 is 0 Å². The zero-order valence-electron chi connectivity index (χ0n) is 19.8. The fourth-order valence-corrected chi connectivity index (χ4v) is 5.97. The van der Waals surface area contributed by atoms with Crippen LogP contribution in [0.3, 0.4) is 0 Å². The molecule has 0 aromatic heterocycles. The molecule has 0 aliphatic heterocycles. The summed E-state index contributed by atoms with van der Waals surface area (Å²) in [6.45, 7) is 0.258. The summed E-state index contributed by atoms with van der Waals surface area (Å²) in [6, 6.07) is 16.3. The minimum atomic E-state index is -0.886. The van der Waals surface area contributed by atoms with Gasteiger partial charge in [0.25, 0.3) is 0 Å². The first kappa shape index (κ1) is 23.4. The summed E-state index contributed by atoms with van der Waals surface area (Å²) in [6.07, 6.45) is 4.78. The Bertz CT molecular complexity index is 1080. The Labute approximate surface area is 205 Å². The highest BCUT2D eigenvalue weighted by atomic mass is 16.5. The second-order valence-corrected chi connectivity index (χ2v) is 10.2. The number of carboxylic acid groups (broad SMARTS) is 1. The second kappa shape index (κ2) is 9.72. The van der Waals surface area contributed by atoms with Crippen molar-refractivity contribution in [3.63, 3.8) is 0 Å². The highest BCUT2D eigenvalue weighted by molar-refractivity contribution is 5.81.